The van der Waals surface area contributed by atoms with E-state index in [-0.39, 0.29) is 17.9 Å². The van der Waals surface area contributed by atoms with E-state index < -0.39 is 5.82 Å². The van der Waals surface area contributed by atoms with Crippen LogP contribution in [0.2, 0.25) is 15.1 Å². The van der Waals surface area contributed by atoms with Crippen molar-refractivity contribution >= 4 is 52.1 Å². The first kappa shape index (κ1) is 18.8. The number of hydrogen-bond acceptors (Lipinski definition) is 2. The zero-order valence-electron chi connectivity index (χ0n) is 12.9. The van der Waals surface area contributed by atoms with Crippen LogP contribution < -0.4 is 10.6 Å². The van der Waals surface area contributed by atoms with Gasteiger partial charge in [0.25, 0.3) is 0 Å². The van der Waals surface area contributed by atoms with Crippen molar-refractivity contribution < 1.29 is 9.18 Å². The molecule has 2 N–H and O–H groups in total. The van der Waals surface area contributed by atoms with Gasteiger partial charge in [0, 0.05) is 17.3 Å². The summed E-state index contributed by atoms with van der Waals surface area (Å²) in [6.45, 7) is 2.51. The molecule has 0 saturated carbocycles. The van der Waals surface area contributed by atoms with Crippen molar-refractivity contribution in [2.75, 3.05) is 11.9 Å². The number of carbonyl (C=O) groups excluding carboxylic acids is 1. The predicted molar refractivity (Wildman–Crippen MR) is 98.2 cm³/mol. The third kappa shape index (κ3) is 5.00. The van der Waals surface area contributed by atoms with Crippen LogP contribution in [0.25, 0.3) is 0 Å². The van der Waals surface area contributed by atoms with Gasteiger partial charge in [-0.3, -0.25) is 4.79 Å². The highest BCUT2D eigenvalue weighted by Gasteiger charge is 2.12. The van der Waals surface area contributed by atoms with Gasteiger partial charge in [-0.25, -0.2) is 4.39 Å². The number of rotatable bonds is 6. The van der Waals surface area contributed by atoms with Crippen molar-refractivity contribution in [3.05, 3.63) is 56.8 Å². The number of nitrogens with one attached hydrogen (secondary N) is 2. The summed E-state index contributed by atoms with van der Waals surface area (Å²) in [6.07, 6.45) is 0.785. The van der Waals surface area contributed by atoms with E-state index in [9.17, 15) is 9.18 Å². The summed E-state index contributed by atoms with van der Waals surface area (Å²) in [5, 5.41) is 6.86. The lowest BCUT2D eigenvalue weighted by Crippen LogP contribution is -2.26. The van der Waals surface area contributed by atoms with Crippen LogP contribution in [-0.4, -0.2) is 12.5 Å². The van der Waals surface area contributed by atoms with Gasteiger partial charge in [0.2, 0.25) is 5.91 Å². The molecular weight excluding hydrogens is 374 g/mol. The van der Waals surface area contributed by atoms with Gasteiger partial charge in [-0.1, -0.05) is 41.7 Å². The quantitative estimate of drug-likeness (QED) is 0.675. The molecule has 0 atom stereocenters. The summed E-state index contributed by atoms with van der Waals surface area (Å²) in [5.41, 5.74) is 1.33. The Kier molecular flexibility index (Phi) is 6.72. The Labute approximate surface area is 155 Å². The normalized spacial score (nSPS) is 10.5. The molecule has 0 spiro atoms. The van der Waals surface area contributed by atoms with Crippen molar-refractivity contribution in [1.82, 2.24) is 5.32 Å². The minimum Gasteiger partial charge on any atom is -0.356 e. The molecule has 0 aromatic heterocycles. The molecule has 0 aliphatic heterocycles. The number of amides is 1. The number of carbonyl (C=O) groups is 1. The van der Waals surface area contributed by atoms with Crippen LogP contribution in [-0.2, 0) is 11.2 Å². The van der Waals surface area contributed by atoms with Gasteiger partial charge < -0.3 is 10.6 Å². The van der Waals surface area contributed by atoms with Gasteiger partial charge in [0.15, 0.2) is 0 Å². The van der Waals surface area contributed by atoms with E-state index in [0.717, 1.165) is 6.42 Å². The average Bonchev–Trinajstić information content (AvgIpc) is 2.51. The monoisotopic (exact) mass is 388 g/mol. The molecular formula is C17H16Cl3FN2O. The van der Waals surface area contributed by atoms with Crippen molar-refractivity contribution in [2.45, 2.75) is 19.8 Å². The maximum atomic E-state index is 13.9. The molecule has 2 rings (SSSR count). The van der Waals surface area contributed by atoms with E-state index in [4.69, 9.17) is 34.8 Å². The number of halogens is 4. The topological polar surface area (TPSA) is 41.1 Å². The van der Waals surface area contributed by atoms with Gasteiger partial charge in [-0.2, -0.15) is 0 Å². The second-order valence-electron chi connectivity index (χ2n) is 5.20. The van der Waals surface area contributed by atoms with Crippen LogP contribution in [0, 0.1) is 5.82 Å². The smallest absolute Gasteiger partial charge is 0.224 e. The van der Waals surface area contributed by atoms with E-state index >= 15 is 0 Å². The Morgan fingerprint density at radius 3 is 2.42 bits per heavy atom. The standard InChI is InChI=1S/C17H16Cl3FN2O/c1-2-5-22-16(24)7-10-6-12(3-4-15(10)21)23-17-13(19)8-11(18)9-14(17)20/h3-4,6,8-9,23H,2,5,7H2,1H3,(H,22,24). The second-order valence-corrected chi connectivity index (χ2v) is 6.45. The summed E-state index contributed by atoms with van der Waals surface area (Å²) >= 11 is 18.1. The Balaban J connectivity index is 2.21. The molecule has 0 bridgehead atoms. The maximum absolute atomic E-state index is 13.9. The van der Waals surface area contributed by atoms with Crippen molar-refractivity contribution in [2.24, 2.45) is 0 Å². The van der Waals surface area contributed by atoms with Crippen LogP contribution in [0.5, 0.6) is 0 Å². The number of anilines is 2. The zero-order valence-corrected chi connectivity index (χ0v) is 15.2. The fourth-order valence-corrected chi connectivity index (χ4v) is 3.01. The Morgan fingerprint density at radius 2 is 1.79 bits per heavy atom. The van der Waals surface area contributed by atoms with Crippen molar-refractivity contribution in [1.29, 1.82) is 0 Å². The molecule has 0 unspecified atom stereocenters. The van der Waals surface area contributed by atoms with E-state index in [2.05, 4.69) is 10.6 Å². The molecule has 0 saturated heterocycles. The minimum absolute atomic E-state index is 0.0383. The van der Waals surface area contributed by atoms with Crippen LogP contribution in [0.15, 0.2) is 30.3 Å². The SMILES string of the molecule is CCCNC(=O)Cc1cc(Nc2c(Cl)cc(Cl)cc2Cl)ccc1F. The highest BCUT2D eigenvalue weighted by Crippen LogP contribution is 2.35. The summed E-state index contributed by atoms with van der Waals surface area (Å²) < 4.78 is 13.9. The van der Waals surface area contributed by atoms with E-state index in [1.165, 1.54) is 6.07 Å². The lowest BCUT2D eigenvalue weighted by atomic mass is 10.1. The molecule has 1 amide bonds. The van der Waals surface area contributed by atoms with Gasteiger partial charge in [0.05, 0.1) is 22.2 Å². The van der Waals surface area contributed by atoms with E-state index in [1.54, 1.807) is 24.3 Å². The van der Waals surface area contributed by atoms with Crippen LogP contribution >= 0.6 is 34.8 Å². The molecule has 0 radical (unpaired) electrons. The molecule has 0 heterocycles. The van der Waals surface area contributed by atoms with Crippen molar-refractivity contribution in [3.63, 3.8) is 0 Å². The van der Waals surface area contributed by atoms with Gasteiger partial charge in [-0.15, -0.1) is 0 Å². The summed E-state index contributed by atoms with van der Waals surface area (Å²) in [6, 6.07) is 7.51. The minimum atomic E-state index is -0.444. The molecule has 0 aliphatic rings. The molecule has 3 nitrogen and oxygen atoms in total. The van der Waals surface area contributed by atoms with Gasteiger partial charge >= 0.3 is 0 Å². The summed E-state index contributed by atoms with van der Waals surface area (Å²) in [7, 11) is 0. The highest BCUT2D eigenvalue weighted by molar-refractivity contribution is 6.41. The summed E-state index contributed by atoms with van der Waals surface area (Å²) in [5.74, 6) is -0.670. The average molecular weight is 390 g/mol. The molecule has 0 fully saturated rings. The molecule has 2 aromatic rings. The van der Waals surface area contributed by atoms with Crippen molar-refractivity contribution in [3.8, 4) is 0 Å². The molecule has 7 heteroatoms. The molecule has 2 aromatic carbocycles. The lowest BCUT2D eigenvalue weighted by molar-refractivity contribution is -0.120. The number of hydrogen-bond donors (Lipinski definition) is 2. The first-order chi connectivity index (χ1) is 11.4. The largest absolute Gasteiger partial charge is 0.356 e. The molecule has 0 aliphatic carbocycles. The first-order valence-corrected chi connectivity index (χ1v) is 8.50. The highest BCUT2D eigenvalue weighted by atomic mass is 35.5. The van der Waals surface area contributed by atoms with Gasteiger partial charge in [0.1, 0.15) is 5.82 Å². The Morgan fingerprint density at radius 1 is 1.12 bits per heavy atom. The van der Waals surface area contributed by atoms with Crippen LogP contribution in [0.4, 0.5) is 15.8 Å². The predicted octanol–water partition coefficient (Wildman–Crippen LogP) is 5.60. The Bertz CT molecular complexity index is 730. The van der Waals surface area contributed by atoms with Crippen LogP contribution in [0.3, 0.4) is 0 Å². The third-order valence-corrected chi connectivity index (χ3v) is 4.06. The van der Waals surface area contributed by atoms with Gasteiger partial charge in [-0.05, 0) is 42.3 Å². The van der Waals surface area contributed by atoms with E-state index in [1.807, 2.05) is 6.92 Å². The lowest BCUT2D eigenvalue weighted by Gasteiger charge is -2.13. The van der Waals surface area contributed by atoms with E-state index in [0.29, 0.717) is 33.0 Å². The molecule has 24 heavy (non-hydrogen) atoms. The summed E-state index contributed by atoms with van der Waals surface area (Å²) in [4.78, 5) is 11.8. The second kappa shape index (κ2) is 8.56. The maximum Gasteiger partial charge on any atom is 0.224 e. The fraction of sp³-hybridized carbons (Fsp3) is 0.235. The first-order valence-electron chi connectivity index (χ1n) is 7.37. The third-order valence-electron chi connectivity index (χ3n) is 3.25. The molecule has 128 valence electrons. The van der Waals surface area contributed by atoms with Crippen LogP contribution in [0.1, 0.15) is 18.9 Å². The zero-order chi connectivity index (χ0) is 17.7. The Hall–Kier alpha value is -1.49. The fourth-order valence-electron chi connectivity index (χ4n) is 2.09. The number of benzene rings is 2.